The summed E-state index contributed by atoms with van der Waals surface area (Å²) in [4.78, 5) is 27.4. The third-order valence-electron chi connectivity index (χ3n) is 4.85. The lowest BCUT2D eigenvalue weighted by Gasteiger charge is -2.33. The maximum absolute atomic E-state index is 13.0. The number of carbonyl (C=O) groups excluding carboxylic acids is 2. The number of piperazine rings is 1. The number of rotatable bonds is 4. The number of para-hydroxylation sites is 1. The molecule has 0 saturated carbocycles. The fourth-order valence-corrected chi connectivity index (χ4v) is 4.61. The van der Waals surface area contributed by atoms with E-state index in [1.54, 1.807) is 24.1 Å². The molecule has 1 aliphatic rings. The fourth-order valence-electron chi connectivity index (χ4n) is 3.14. The largest absolute Gasteiger partial charge is 0.340 e. The molecule has 1 fully saturated rings. The number of nitrogens with zero attached hydrogens (tertiary/aromatic N) is 3. The second-order valence-corrected chi connectivity index (χ2v) is 8.58. The number of hydrogen-bond acceptors (Lipinski definition) is 4. The Hall–Kier alpha value is -2.71. The van der Waals surface area contributed by atoms with E-state index in [1.165, 1.54) is 28.3 Å². The summed E-state index contributed by atoms with van der Waals surface area (Å²) in [7, 11) is -2.08. The third-order valence-corrected chi connectivity index (χ3v) is 6.75. The Labute approximate surface area is 165 Å². The van der Waals surface area contributed by atoms with Gasteiger partial charge >= 0.3 is 0 Å². The van der Waals surface area contributed by atoms with Gasteiger partial charge in [0.1, 0.15) is 0 Å². The standard InChI is InChI=1S/C20H23N3O4S/c1-16(24)22-11-13-23(14-12-22)28(26,27)19-10-6-7-17(15-19)20(25)21(2)18-8-4-3-5-9-18/h3-10,15H,11-14H2,1-2H3. The van der Waals surface area contributed by atoms with Crippen LogP contribution in [-0.2, 0) is 14.8 Å². The Morgan fingerprint density at radius 2 is 1.57 bits per heavy atom. The van der Waals surface area contributed by atoms with Gasteiger partial charge in [0.15, 0.2) is 0 Å². The molecule has 0 aromatic heterocycles. The van der Waals surface area contributed by atoms with E-state index in [1.807, 2.05) is 30.3 Å². The molecule has 0 unspecified atom stereocenters. The van der Waals surface area contributed by atoms with Crippen molar-refractivity contribution in [3.8, 4) is 0 Å². The Morgan fingerprint density at radius 1 is 0.929 bits per heavy atom. The highest BCUT2D eigenvalue weighted by atomic mass is 32.2. The Morgan fingerprint density at radius 3 is 2.18 bits per heavy atom. The highest BCUT2D eigenvalue weighted by Crippen LogP contribution is 2.21. The van der Waals surface area contributed by atoms with Crippen molar-refractivity contribution in [2.45, 2.75) is 11.8 Å². The summed E-state index contributed by atoms with van der Waals surface area (Å²) >= 11 is 0. The average Bonchev–Trinajstić information content (AvgIpc) is 2.73. The highest BCUT2D eigenvalue weighted by molar-refractivity contribution is 7.89. The van der Waals surface area contributed by atoms with Crippen molar-refractivity contribution in [1.82, 2.24) is 9.21 Å². The first kappa shape index (κ1) is 20.0. The average molecular weight is 401 g/mol. The Balaban J connectivity index is 1.81. The molecular weight excluding hydrogens is 378 g/mol. The van der Waals surface area contributed by atoms with Crippen LogP contribution in [0, 0.1) is 0 Å². The van der Waals surface area contributed by atoms with E-state index < -0.39 is 10.0 Å². The molecule has 0 aliphatic carbocycles. The van der Waals surface area contributed by atoms with Crippen molar-refractivity contribution < 1.29 is 18.0 Å². The summed E-state index contributed by atoms with van der Waals surface area (Å²) in [6.45, 7) is 2.68. The normalized spacial score (nSPS) is 15.3. The van der Waals surface area contributed by atoms with Crippen molar-refractivity contribution in [2.75, 3.05) is 38.1 Å². The molecule has 0 N–H and O–H groups in total. The van der Waals surface area contributed by atoms with E-state index >= 15 is 0 Å². The molecule has 2 aromatic rings. The van der Waals surface area contributed by atoms with Gasteiger partial charge in [-0.3, -0.25) is 9.59 Å². The van der Waals surface area contributed by atoms with Gasteiger partial charge in [0.05, 0.1) is 4.90 Å². The smallest absolute Gasteiger partial charge is 0.258 e. The molecule has 148 valence electrons. The zero-order chi connectivity index (χ0) is 20.3. The molecule has 2 amide bonds. The lowest BCUT2D eigenvalue weighted by Crippen LogP contribution is -2.49. The van der Waals surface area contributed by atoms with Crippen molar-refractivity contribution in [3.05, 3.63) is 60.2 Å². The fraction of sp³-hybridized carbons (Fsp3) is 0.300. The van der Waals surface area contributed by atoms with Gasteiger partial charge in [-0.05, 0) is 30.3 Å². The van der Waals surface area contributed by atoms with Crippen LogP contribution >= 0.6 is 0 Å². The molecule has 1 heterocycles. The quantitative estimate of drug-likeness (QED) is 0.783. The Kier molecular flexibility index (Phi) is 5.81. The van der Waals surface area contributed by atoms with E-state index in [-0.39, 0.29) is 29.8 Å². The minimum absolute atomic E-state index is 0.0615. The van der Waals surface area contributed by atoms with Gasteiger partial charge in [0, 0.05) is 51.4 Å². The molecular formula is C20H23N3O4S. The van der Waals surface area contributed by atoms with Gasteiger partial charge in [-0.1, -0.05) is 24.3 Å². The van der Waals surface area contributed by atoms with Crippen LogP contribution in [0.4, 0.5) is 5.69 Å². The maximum atomic E-state index is 13.0. The molecule has 0 atom stereocenters. The van der Waals surface area contributed by atoms with E-state index in [9.17, 15) is 18.0 Å². The van der Waals surface area contributed by atoms with Crippen LogP contribution in [0.2, 0.25) is 0 Å². The monoisotopic (exact) mass is 401 g/mol. The summed E-state index contributed by atoms with van der Waals surface area (Å²) in [6.07, 6.45) is 0. The van der Waals surface area contributed by atoms with E-state index in [0.717, 1.165) is 5.69 Å². The minimum atomic E-state index is -3.73. The molecule has 1 aliphatic heterocycles. The van der Waals surface area contributed by atoms with Crippen LogP contribution in [-0.4, -0.2) is 62.7 Å². The topological polar surface area (TPSA) is 78.0 Å². The summed E-state index contributed by atoms with van der Waals surface area (Å²) in [5, 5.41) is 0. The van der Waals surface area contributed by atoms with Gasteiger partial charge in [0.2, 0.25) is 15.9 Å². The second-order valence-electron chi connectivity index (χ2n) is 6.64. The van der Waals surface area contributed by atoms with Crippen molar-refractivity contribution in [2.24, 2.45) is 0 Å². The lowest BCUT2D eigenvalue weighted by molar-refractivity contribution is -0.129. The third kappa shape index (κ3) is 4.07. The Bertz CT molecular complexity index is 968. The van der Waals surface area contributed by atoms with Crippen molar-refractivity contribution in [3.63, 3.8) is 0 Å². The molecule has 2 aromatic carbocycles. The first-order valence-electron chi connectivity index (χ1n) is 8.99. The number of anilines is 1. The van der Waals surface area contributed by atoms with E-state index in [4.69, 9.17) is 0 Å². The highest BCUT2D eigenvalue weighted by Gasteiger charge is 2.29. The summed E-state index contributed by atoms with van der Waals surface area (Å²) in [5.74, 6) is -0.349. The number of hydrogen-bond donors (Lipinski definition) is 0. The number of sulfonamides is 1. The van der Waals surface area contributed by atoms with Crippen LogP contribution < -0.4 is 4.90 Å². The molecule has 0 spiro atoms. The molecule has 7 nitrogen and oxygen atoms in total. The zero-order valence-corrected chi connectivity index (χ0v) is 16.7. The zero-order valence-electron chi connectivity index (χ0n) is 15.9. The number of benzene rings is 2. The molecule has 1 saturated heterocycles. The van der Waals surface area contributed by atoms with Gasteiger partial charge in [0.25, 0.3) is 5.91 Å². The molecule has 28 heavy (non-hydrogen) atoms. The first-order valence-corrected chi connectivity index (χ1v) is 10.4. The lowest BCUT2D eigenvalue weighted by atomic mass is 10.2. The van der Waals surface area contributed by atoms with Crippen LogP contribution in [0.1, 0.15) is 17.3 Å². The SMILES string of the molecule is CC(=O)N1CCN(S(=O)(=O)c2cccc(C(=O)N(C)c3ccccc3)c2)CC1. The van der Waals surface area contributed by atoms with Gasteiger partial charge in [-0.2, -0.15) is 4.31 Å². The molecule has 8 heteroatoms. The molecule has 0 radical (unpaired) electrons. The van der Waals surface area contributed by atoms with Crippen LogP contribution in [0.3, 0.4) is 0 Å². The van der Waals surface area contributed by atoms with Crippen molar-refractivity contribution >= 4 is 27.5 Å². The van der Waals surface area contributed by atoms with Crippen LogP contribution in [0.15, 0.2) is 59.5 Å². The second kappa shape index (κ2) is 8.12. The van der Waals surface area contributed by atoms with Gasteiger partial charge in [-0.15, -0.1) is 0 Å². The van der Waals surface area contributed by atoms with Crippen LogP contribution in [0.5, 0.6) is 0 Å². The van der Waals surface area contributed by atoms with Crippen molar-refractivity contribution in [1.29, 1.82) is 0 Å². The predicted octanol–water partition coefficient (Wildman–Crippen LogP) is 1.82. The van der Waals surface area contributed by atoms with E-state index in [2.05, 4.69) is 0 Å². The minimum Gasteiger partial charge on any atom is -0.340 e. The predicted molar refractivity (Wildman–Crippen MR) is 107 cm³/mol. The van der Waals surface area contributed by atoms with Gasteiger partial charge < -0.3 is 9.80 Å². The summed E-state index contributed by atoms with van der Waals surface area (Å²) in [5.41, 5.74) is 1.02. The van der Waals surface area contributed by atoms with Crippen LogP contribution in [0.25, 0.3) is 0 Å². The summed E-state index contributed by atoms with van der Waals surface area (Å²) in [6, 6.07) is 15.2. The number of amides is 2. The summed E-state index contributed by atoms with van der Waals surface area (Å²) < 4.78 is 27.3. The maximum Gasteiger partial charge on any atom is 0.258 e. The van der Waals surface area contributed by atoms with E-state index in [0.29, 0.717) is 18.7 Å². The molecule has 0 bridgehead atoms. The van der Waals surface area contributed by atoms with Gasteiger partial charge in [-0.25, -0.2) is 8.42 Å². The molecule has 3 rings (SSSR count). The first-order chi connectivity index (χ1) is 13.3. The number of carbonyl (C=O) groups is 2.